The van der Waals surface area contributed by atoms with Crippen molar-refractivity contribution in [2.45, 2.75) is 109 Å². The second-order valence-corrected chi connectivity index (χ2v) is 14.3. The Morgan fingerprint density at radius 2 is 1.77 bits per heavy atom. The number of hydrogen-bond donors (Lipinski definition) is 2. The van der Waals surface area contributed by atoms with Crippen LogP contribution in [-0.2, 0) is 19.1 Å². The molecule has 1 aliphatic carbocycles. The summed E-state index contributed by atoms with van der Waals surface area (Å²) in [7, 11) is 0. The molecule has 3 saturated heterocycles. The van der Waals surface area contributed by atoms with E-state index in [9.17, 15) is 14.4 Å². The predicted octanol–water partition coefficient (Wildman–Crippen LogP) is 4.71. The molecule has 0 radical (unpaired) electrons. The molecule has 43 heavy (non-hydrogen) atoms. The molecule has 2 N–H and O–H groups in total. The average molecular weight is 591 g/mol. The zero-order valence-corrected chi connectivity index (χ0v) is 26.6. The zero-order chi connectivity index (χ0) is 30.5. The number of anilines is 1. The van der Waals surface area contributed by atoms with Gasteiger partial charge in [-0.3, -0.25) is 19.3 Å². The zero-order valence-electron chi connectivity index (χ0n) is 26.6. The number of nitrogens with zero attached hydrogens (tertiary/aromatic N) is 2. The fourth-order valence-corrected chi connectivity index (χ4v) is 8.46. The highest BCUT2D eigenvalue weighted by Gasteiger charge is 2.72. The van der Waals surface area contributed by atoms with Crippen molar-refractivity contribution in [3.8, 4) is 0 Å². The lowest BCUT2D eigenvalue weighted by Gasteiger charge is -2.39. The number of piperidine rings is 1. The van der Waals surface area contributed by atoms with Gasteiger partial charge in [0.25, 0.3) is 0 Å². The monoisotopic (exact) mass is 590 g/mol. The Morgan fingerprint density at radius 1 is 1.00 bits per heavy atom. The fourth-order valence-electron chi connectivity index (χ4n) is 8.46. The number of carbonyl (C=O) groups is 3. The van der Waals surface area contributed by atoms with E-state index in [1.165, 1.54) is 18.4 Å². The molecule has 0 unspecified atom stereocenters. The third-order valence-corrected chi connectivity index (χ3v) is 11.4. The molecular weight excluding hydrogens is 540 g/mol. The first kappa shape index (κ1) is 30.3. The lowest BCUT2D eigenvalue weighted by Crippen LogP contribution is -2.58. The van der Waals surface area contributed by atoms with Gasteiger partial charge in [-0.25, -0.2) is 0 Å². The van der Waals surface area contributed by atoms with Crippen LogP contribution in [0.1, 0.15) is 84.6 Å². The molecule has 2 bridgehead atoms. The van der Waals surface area contributed by atoms with Gasteiger partial charge in [-0.1, -0.05) is 71.2 Å². The summed E-state index contributed by atoms with van der Waals surface area (Å²) < 4.78 is 6.58. The first-order valence-corrected chi connectivity index (χ1v) is 16.7. The number of rotatable bonds is 8. The van der Waals surface area contributed by atoms with Crippen LogP contribution in [0.15, 0.2) is 36.4 Å². The Hall–Kier alpha value is -2.71. The summed E-state index contributed by atoms with van der Waals surface area (Å²) in [5.74, 6) is -0.643. The van der Waals surface area contributed by atoms with E-state index in [-0.39, 0.29) is 23.8 Å². The van der Waals surface area contributed by atoms with Gasteiger partial charge in [-0.05, 0) is 68.2 Å². The van der Waals surface area contributed by atoms with Crippen LogP contribution in [-0.4, -0.2) is 77.0 Å². The van der Waals surface area contributed by atoms with Crippen molar-refractivity contribution in [3.63, 3.8) is 0 Å². The van der Waals surface area contributed by atoms with E-state index < -0.39 is 29.6 Å². The third-order valence-electron chi connectivity index (χ3n) is 11.4. The second-order valence-electron chi connectivity index (χ2n) is 14.3. The van der Waals surface area contributed by atoms with Crippen LogP contribution in [0, 0.1) is 23.7 Å². The molecule has 3 amide bonds. The van der Waals surface area contributed by atoms with Gasteiger partial charge in [-0.15, -0.1) is 0 Å². The lowest BCUT2D eigenvalue weighted by molar-refractivity contribution is -0.142. The molecule has 1 aromatic carbocycles. The normalized spacial score (nSPS) is 37.2. The SMILES string of the molecule is CC(C)c1ccc(NC(=O)[C@H]2[C@H]3C=C[C@@]4(O3)[C@H]2C(=O)N(CCN2CCCC[C@@H]2C)[C@@H]4C(=O)N[C@@H]2CCC[C@@H](C)[C@@H]2C)cc1. The predicted molar refractivity (Wildman–Crippen MR) is 167 cm³/mol. The van der Waals surface area contributed by atoms with Gasteiger partial charge >= 0.3 is 0 Å². The number of fused-ring (bicyclic) bond motifs is 1. The summed E-state index contributed by atoms with van der Waals surface area (Å²) in [5, 5.41) is 6.42. The summed E-state index contributed by atoms with van der Waals surface area (Å²) in [6, 6.07) is 7.61. The van der Waals surface area contributed by atoms with Crippen molar-refractivity contribution in [2.24, 2.45) is 23.7 Å². The number of ether oxygens (including phenoxy) is 1. The summed E-state index contributed by atoms with van der Waals surface area (Å²) >= 11 is 0. The quantitative estimate of drug-likeness (QED) is 0.428. The minimum absolute atomic E-state index is 0.0706. The molecule has 8 nitrogen and oxygen atoms in total. The van der Waals surface area contributed by atoms with E-state index >= 15 is 0 Å². The van der Waals surface area contributed by atoms with E-state index in [2.05, 4.69) is 50.2 Å². The van der Waals surface area contributed by atoms with Gasteiger partial charge in [0.05, 0.1) is 17.9 Å². The van der Waals surface area contributed by atoms with E-state index in [1.807, 2.05) is 36.4 Å². The smallest absolute Gasteiger partial charge is 0.246 e. The lowest BCUT2D eigenvalue weighted by atomic mass is 9.73. The first-order valence-electron chi connectivity index (χ1n) is 16.7. The number of carbonyl (C=O) groups excluding carboxylic acids is 3. The Balaban J connectivity index is 1.26. The average Bonchev–Trinajstić information content (AvgIpc) is 3.62. The Labute approximate surface area is 257 Å². The van der Waals surface area contributed by atoms with Crippen LogP contribution in [0.4, 0.5) is 5.69 Å². The molecule has 4 fully saturated rings. The number of amides is 3. The molecular formula is C35H50N4O4. The number of hydrogen-bond acceptors (Lipinski definition) is 5. The van der Waals surface area contributed by atoms with Crippen LogP contribution >= 0.6 is 0 Å². The minimum atomic E-state index is -1.13. The maximum atomic E-state index is 14.4. The van der Waals surface area contributed by atoms with Gasteiger partial charge in [0, 0.05) is 30.9 Å². The number of likely N-dealkylation sites (tertiary alicyclic amines) is 2. The van der Waals surface area contributed by atoms with E-state index in [0.717, 1.165) is 32.2 Å². The Morgan fingerprint density at radius 3 is 2.49 bits per heavy atom. The largest absolute Gasteiger partial charge is 0.359 e. The van der Waals surface area contributed by atoms with Crippen molar-refractivity contribution < 1.29 is 19.1 Å². The maximum absolute atomic E-state index is 14.4. The van der Waals surface area contributed by atoms with Crippen molar-refractivity contribution in [1.29, 1.82) is 0 Å². The highest BCUT2D eigenvalue weighted by atomic mass is 16.5. The van der Waals surface area contributed by atoms with Crippen molar-refractivity contribution in [1.82, 2.24) is 15.1 Å². The molecule has 9 atom stereocenters. The molecule has 1 saturated carbocycles. The summed E-state index contributed by atoms with van der Waals surface area (Å²) in [6.45, 7) is 13.2. The highest BCUT2D eigenvalue weighted by molar-refractivity contribution is 6.02. The van der Waals surface area contributed by atoms with Gasteiger partial charge in [0.1, 0.15) is 11.6 Å². The summed E-state index contributed by atoms with van der Waals surface area (Å²) in [6.07, 6.45) is 10.0. The van der Waals surface area contributed by atoms with Crippen molar-refractivity contribution >= 4 is 23.4 Å². The number of nitrogens with one attached hydrogen (secondary N) is 2. The van der Waals surface area contributed by atoms with E-state index in [0.29, 0.717) is 42.6 Å². The molecule has 4 heterocycles. The third kappa shape index (κ3) is 5.43. The Kier molecular flexibility index (Phi) is 8.46. The van der Waals surface area contributed by atoms with Crippen molar-refractivity contribution in [3.05, 3.63) is 42.0 Å². The standard InChI is InChI=1S/C35H50N4O4/c1-21(2)25-12-14-26(15-13-25)36-32(40)29-28-16-17-35(43-28)30(29)34(42)39(20-19-38-18-7-6-10-23(38)4)31(35)33(41)37-27-11-8-9-22(3)24(27)5/h12-17,21-24,27-31H,6-11,18-20H2,1-5H3,(H,36,40)(H,37,41)/t22-,23+,24+,27-,28-,29+,30-,31-,35-/m1/s1. The second kappa shape index (κ2) is 12.0. The number of benzene rings is 1. The van der Waals surface area contributed by atoms with Gasteiger partial charge in [-0.2, -0.15) is 0 Å². The van der Waals surface area contributed by atoms with Gasteiger partial charge in [0.15, 0.2) is 0 Å². The molecule has 4 aliphatic heterocycles. The van der Waals surface area contributed by atoms with Crippen LogP contribution < -0.4 is 10.6 Å². The molecule has 1 aromatic rings. The topological polar surface area (TPSA) is 91.0 Å². The van der Waals surface area contributed by atoms with E-state index in [4.69, 9.17) is 4.74 Å². The van der Waals surface area contributed by atoms with Crippen LogP contribution in [0.2, 0.25) is 0 Å². The van der Waals surface area contributed by atoms with Crippen molar-refractivity contribution in [2.75, 3.05) is 25.0 Å². The van der Waals surface area contributed by atoms with Crippen LogP contribution in [0.3, 0.4) is 0 Å². The molecule has 0 aromatic heterocycles. The van der Waals surface area contributed by atoms with E-state index in [1.54, 1.807) is 4.90 Å². The van der Waals surface area contributed by atoms with Gasteiger partial charge < -0.3 is 20.3 Å². The highest BCUT2D eigenvalue weighted by Crippen LogP contribution is 2.55. The fraction of sp³-hybridized carbons (Fsp3) is 0.686. The molecule has 1 spiro atoms. The van der Waals surface area contributed by atoms with Crippen LogP contribution in [0.25, 0.3) is 0 Å². The van der Waals surface area contributed by atoms with Gasteiger partial charge in [0.2, 0.25) is 17.7 Å². The first-order chi connectivity index (χ1) is 20.6. The molecule has 234 valence electrons. The molecule has 6 rings (SSSR count). The summed E-state index contributed by atoms with van der Waals surface area (Å²) in [5.41, 5.74) is 0.765. The minimum Gasteiger partial charge on any atom is -0.359 e. The maximum Gasteiger partial charge on any atom is 0.246 e. The molecule has 8 heteroatoms. The molecule has 5 aliphatic rings. The summed E-state index contributed by atoms with van der Waals surface area (Å²) in [4.78, 5) is 46.7. The Bertz CT molecular complexity index is 1250. The van der Waals surface area contributed by atoms with Crippen LogP contribution in [0.5, 0.6) is 0 Å².